The summed E-state index contributed by atoms with van der Waals surface area (Å²) in [7, 11) is 5.45. The molecule has 0 unspecified atom stereocenters. The van der Waals surface area contributed by atoms with E-state index in [2.05, 4.69) is 37.7 Å². The maximum atomic E-state index is 13.4. The van der Waals surface area contributed by atoms with Crippen LogP contribution in [0.15, 0.2) is 48.8 Å². The molecule has 0 radical (unpaired) electrons. The van der Waals surface area contributed by atoms with Gasteiger partial charge in [-0.3, -0.25) is 14.5 Å². The lowest BCUT2D eigenvalue weighted by molar-refractivity contribution is -0.274. The zero-order valence-corrected chi connectivity index (χ0v) is 25.3. The molecule has 1 aliphatic rings. The fraction of sp³-hybridized carbons (Fsp3) is 0.400. The molecule has 0 atom stereocenters. The fourth-order valence-corrected chi connectivity index (χ4v) is 4.98. The molecule has 10 nitrogen and oxygen atoms in total. The number of hydrazine groups is 1. The highest BCUT2D eigenvalue weighted by molar-refractivity contribution is 6.05. The number of alkyl halides is 3. The number of anilines is 3. The molecule has 1 amide bonds. The molecule has 13 heteroatoms. The minimum Gasteiger partial charge on any atom is -0.406 e. The van der Waals surface area contributed by atoms with Crippen LogP contribution in [0.3, 0.4) is 0 Å². The van der Waals surface area contributed by atoms with Gasteiger partial charge in [-0.2, -0.15) is 5.10 Å². The number of carbonyl (C=O) groups is 1. The highest BCUT2D eigenvalue weighted by Crippen LogP contribution is 2.32. The lowest BCUT2D eigenvalue weighted by Crippen LogP contribution is -2.46. The molecule has 0 spiro atoms. The van der Waals surface area contributed by atoms with E-state index in [1.165, 1.54) is 12.1 Å². The summed E-state index contributed by atoms with van der Waals surface area (Å²) in [4.78, 5) is 17.7. The minimum absolute atomic E-state index is 0.205. The molecule has 232 valence electrons. The minimum atomic E-state index is -4.86. The molecule has 0 aliphatic carbocycles. The van der Waals surface area contributed by atoms with Gasteiger partial charge in [-0.15, -0.1) is 13.2 Å². The van der Waals surface area contributed by atoms with Crippen LogP contribution in [0.1, 0.15) is 34.1 Å². The molecule has 3 N–H and O–H groups in total. The summed E-state index contributed by atoms with van der Waals surface area (Å²) in [5.74, 6) is -0.858. The third-order valence-electron chi connectivity index (χ3n) is 7.59. The Bertz CT molecular complexity index is 1460. The van der Waals surface area contributed by atoms with Gasteiger partial charge in [-0.05, 0) is 44.2 Å². The summed E-state index contributed by atoms with van der Waals surface area (Å²) in [6.45, 7) is 9.76. The molecule has 0 bridgehead atoms. The summed E-state index contributed by atoms with van der Waals surface area (Å²) in [5, 5.41) is 12.1. The van der Waals surface area contributed by atoms with Gasteiger partial charge in [0.05, 0.1) is 17.6 Å². The Balaban J connectivity index is 1.62. The lowest BCUT2D eigenvalue weighted by atomic mass is 10.1. The van der Waals surface area contributed by atoms with Crippen molar-refractivity contribution in [2.24, 2.45) is 7.05 Å². The van der Waals surface area contributed by atoms with Gasteiger partial charge in [0, 0.05) is 93.9 Å². The zero-order valence-electron chi connectivity index (χ0n) is 25.3. The quantitative estimate of drug-likeness (QED) is 0.294. The number of carbonyl (C=O) groups excluding carboxylic acids is 1. The molecule has 1 fully saturated rings. The lowest BCUT2D eigenvalue weighted by Gasteiger charge is -2.35. The number of piperazine rings is 1. The van der Waals surface area contributed by atoms with E-state index in [1.54, 1.807) is 41.1 Å². The van der Waals surface area contributed by atoms with E-state index in [0.29, 0.717) is 30.0 Å². The second kappa shape index (κ2) is 13.4. The van der Waals surface area contributed by atoms with Crippen LogP contribution in [0.2, 0.25) is 0 Å². The number of aromatic nitrogens is 2. The molecular formula is C30H39F3N8O2. The monoisotopic (exact) mass is 600 g/mol. The molecular weight excluding hydrogens is 561 g/mol. The number of halogens is 3. The number of nitrogens with zero attached hydrogens (tertiary/aromatic N) is 5. The second-order valence-corrected chi connectivity index (χ2v) is 10.3. The van der Waals surface area contributed by atoms with E-state index in [1.807, 2.05) is 45.1 Å². The van der Waals surface area contributed by atoms with Crippen molar-refractivity contribution in [2.45, 2.75) is 27.1 Å². The summed E-state index contributed by atoms with van der Waals surface area (Å²) >= 11 is 0. The SMILES string of the molecule is CCN1CCN(c2cc(NC(=O)c3ccc(C)c(N(/C=C(\NC)c4cnn(C)c4C)NC)c3)cc(OC(F)(F)F)c2)CC1. The molecule has 43 heavy (non-hydrogen) atoms. The molecule has 1 aromatic heterocycles. The van der Waals surface area contributed by atoms with Crippen molar-refractivity contribution < 1.29 is 22.7 Å². The van der Waals surface area contributed by atoms with Gasteiger partial charge in [0.15, 0.2) is 0 Å². The Kier molecular flexibility index (Phi) is 9.87. The molecule has 2 heterocycles. The van der Waals surface area contributed by atoms with Crippen LogP contribution in [-0.4, -0.2) is 73.8 Å². The number of benzene rings is 2. The third kappa shape index (κ3) is 7.79. The van der Waals surface area contributed by atoms with Crippen LogP contribution in [0.4, 0.5) is 30.2 Å². The zero-order chi connectivity index (χ0) is 31.3. The van der Waals surface area contributed by atoms with Gasteiger partial charge in [-0.1, -0.05) is 13.0 Å². The van der Waals surface area contributed by atoms with E-state index in [-0.39, 0.29) is 11.4 Å². The molecule has 2 aromatic carbocycles. The molecule has 1 aliphatic heterocycles. The standard InChI is InChI=1S/C30H39F3N8O2/c1-7-39-10-12-40(13-11-39)24-15-23(16-25(17-24)43-30(31,32)33)37-29(42)22-9-8-20(2)28(14-22)41(35-5)19-27(34-4)26-18-36-38(6)21(26)3/h8-9,14-19,34-35H,7,10-13H2,1-6H3,(H,37,42)/b27-19-. The highest BCUT2D eigenvalue weighted by atomic mass is 19.4. The number of nitrogens with one attached hydrogen (secondary N) is 3. The first-order valence-corrected chi connectivity index (χ1v) is 14.1. The van der Waals surface area contributed by atoms with Gasteiger partial charge >= 0.3 is 6.36 Å². The van der Waals surface area contributed by atoms with Crippen molar-refractivity contribution in [3.8, 4) is 5.75 Å². The second-order valence-electron chi connectivity index (χ2n) is 10.3. The Morgan fingerprint density at radius 3 is 2.40 bits per heavy atom. The molecule has 0 saturated carbocycles. The smallest absolute Gasteiger partial charge is 0.406 e. The van der Waals surface area contributed by atoms with Gasteiger partial charge in [0.1, 0.15) is 5.75 Å². The average Bonchev–Trinajstić information content (AvgIpc) is 3.30. The predicted molar refractivity (Wildman–Crippen MR) is 163 cm³/mol. The summed E-state index contributed by atoms with van der Waals surface area (Å²) in [5.41, 5.74) is 8.55. The highest BCUT2D eigenvalue weighted by Gasteiger charge is 2.32. The largest absolute Gasteiger partial charge is 0.573 e. The number of likely N-dealkylation sites (N-methyl/N-ethyl adjacent to an activating group) is 1. The summed E-state index contributed by atoms with van der Waals surface area (Å²) < 4.78 is 45.5. The first kappa shape index (κ1) is 31.7. The van der Waals surface area contributed by atoms with Crippen molar-refractivity contribution in [1.29, 1.82) is 0 Å². The van der Waals surface area contributed by atoms with Crippen molar-refractivity contribution >= 4 is 28.7 Å². The first-order chi connectivity index (χ1) is 20.4. The predicted octanol–water partition coefficient (Wildman–Crippen LogP) is 4.49. The summed E-state index contributed by atoms with van der Waals surface area (Å²) in [6, 6.07) is 9.44. The van der Waals surface area contributed by atoms with Gasteiger partial charge < -0.3 is 25.2 Å². The Morgan fingerprint density at radius 2 is 1.81 bits per heavy atom. The third-order valence-corrected chi connectivity index (χ3v) is 7.59. The van der Waals surface area contributed by atoms with Crippen molar-refractivity contribution in [1.82, 2.24) is 25.4 Å². The number of aryl methyl sites for hydroxylation is 2. The first-order valence-electron chi connectivity index (χ1n) is 14.1. The maximum absolute atomic E-state index is 13.4. The van der Waals surface area contributed by atoms with E-state index < -0.39 is 12.3 Å². The van der Waals surface area contributed by atoms with Crippen LogP contribution in [0.5, 0.6) is 5.75 Å². The average molecular weight is 601 g/mol. The topological polar surface area (TPSA) is 89.9 Å². The number of ether oxygens (including phenoxy) is 1. The number of hydrogen-bond donors (Lipinski definition) is 3. The van der Waals surface area contributed by atoms with Crippen LogP contribution in [-0.2, 0) is 7.05 Å². The fourth-order valence-electron chi connectivity index (χ4n) is 4.98. The van der Waals surface area contributed by atoms with Crippen LogP contribution in [0.25, 0.3) is 5.70 Å². The summed E-state index contributed by atoms with van der Waals surface area (Å²) in [6.07, 6.45) is -1.22. The van der Waals surface area contributed by atoms with E-state index >= 15 is 0 Å². The molecule has 3 aromatic rings. The van der Waals surface area contributed by atoms with Gasteiger partial charge in [0.2, 0.25) is 0 Å². The Hall–Kier alpha value is -4.23. The van der Waals surface area contributed by atoms with E-state index in [9.17, 15) is 18.0 Å². The van der Waals surface area contributed by atoms with E-state index in [0.717, 1.165) is 42.2 Å². The van der Waals surface area contributed by atoms with Crippen molar-refractivity contribution in [2.75, 3.05) is 62.0 Å². The molecule has 1 saturated heterocycles. The van der Waals surface area contributed by atoms with Gasteiger partial charge in [0.25, 0.3) is 5.91 Å². The Morgan fingerprint density at radius 1 is 1.09 bits per heavy atom. The normalized spacial score (nSPS) is 14.5. The Labute approximate surface area is 250 Å². The van der Waals surface area contributed by atoms with Crippen molar-refractivity contribution in [3.63, 3.8) is 0 Å². The maximum Gasteiger partial charge on any atom is 0.573 e. The number of amides is 1. The van der Waals surface area contributed by atoms with E-state index in [4.69, 9.17) is 0 Å². The van der Waals surface area contributed by atoms with Crippen LogP contribution < -0.4 is 30.7 Å². The number of rotatable bonds is 10. The molecule has 4 rings (SSSR count). The van der Waals surface area contributed by atoms with Gasteiger partial charge in [-0.25, -0.2) is 5.43 Å². The van der Waals surface area contributed by atoms with Crippen LogP contribution in [0, 0.1) is 13.8 Å². The van der Waals surface area contributed by atoms with Crippen LogP contribution >= 0.6 is 0 Å². The van der Waals surface area contributed by atoms with Crippen molar-refractivity contribution in [3.05, 3.63) is 71.2 Å². The number of hydrogen-bond acceptors (Lipinski definition) is 8.